The van der Waals surface area contributed by atoms with E-state index in [1.54, 1.807) is 14.2 Å². The Morgan fingerprint density at radius 2 is 1.96 bits per heavy atom. The lowest BCUT2D eigenvalue weighted by molar-refractivity contribution is 0.232. The summed E-state index contributed by atoms with van der Waals surface area (Å²) in [6.07, 6.45) is 2.98. The first-order chi connectivity index (χ1) is 12.2. The van der Waals surface area contributed by atoms with Gasteiger partial charge in [0.25, 0.3) is 5.56 Å². The Kier molecular flexibility index (Phi) is 4.21. The lowest BCUT2D eigenvalue weighted by Crippen LogP contribution is -2.35. The van der Waals surface area contributed by atoms with Crippen LogP contribution in [0.2, 0.25) is 0 Å². The molecule has 0 bridgehead atoms. The highest BCUT2D eigenvalue weighted by atomic mass is 16.5. The van der Waals surface area contributed by atoms with Crippen molar-refractivity contribution in [2.24, 2.45) is 0 Å². The highest BCUT2D eigenvalue weighted by molar-refractivity contribution is 5.44. The lowest BCUT2D eigenvalue weighted by Gasteiger charge is -2.28. The van der Waals surface area contributed by atoms with Gasteiger partial charge in [-0.3, -0.25) is 9.69 Å². The van der Waals surface area contributed by atoms with Crippen LogP contribution in [0.3, 0.4) is 0 Å². The van der Waals surface area contributed by atoms with Crippen LogP contribution in [0, 0.1) is 0 Å². The molecule has 6 heteroatoms. The van der Waals surface area contributed by atoms with Crippen molar-refractivity contribution in [3.8, 4) is 11.5 Å². The number of ether oxygens (including phenoxy) is 2. The maximum atomic E-state index is 12.3. The summed E-state index contributed by atoms with van der Waals surface area (Å²) in [5.74, 6) is 2.95. The SMILES string of the molecule is COc1cccc(OC)c1CN1CCc2c(nc(C3CC3)[nH]c2=O)C1. The third-order valence-corrected chi connectivity index (χ3v) is 5.05. The smallest absolute Gasteiger partial charge is 0.254 e. The van der Waals surface area contributed by atoms with Gasteiger partial charge in [-0.15, -0.1) is 0 Å². The first kappa shape index (κ1) is 16.1. The molecule has 0 atom stereocenters. The second kappa shape index (κ2) is 6.52. The van der Waals surface area contributed by atoms with Crippen LogP contribution in [0.15, 0.2) is 23.0 Å². The molecule has 132 valence electrons. The van der Waals surface area contributed by atoms with Crippen LogP contribution < -0.4 is 15.0 Å². The summed E-state index contributed by atoms with van der Waals surface area (Å²) < 4.78 is 11.0. The summed E-state index contributed by atoms with van der Waals surface area (Å²) in [6.45, 7) is 2.21. The van der Waals surface area contributed by atoms with Gasteiger partial charge in [0.15, 0.2) is 0 Å². The third-order valence-electron chi connectivity index (χ3n) is 5.05. The molecule has 1 N–H and O–H groups in total. The fraction of sp³-hybridized carbons (Fsp3) is 0.474. The van der Waals surface area contributed by atoms with E-state index < -0.39 is 0 Å². The van der Waals surface area contributed by atoms with Gasteiger partial charge in [0, 0.05) is 31.1 Å². The van der Waals surface area contributed by atoms with Crippen LogP contribution in [0.1, 0.15) is 41.4 Å². The van der Waals surface area contributed by atoms with Crippen molar-refractivity contribution in [1.82, 2.24) is 14.9 Å². The largest absolute Gasteiger partial charge is 0.496 e. The van der Waals surface area contributed by atoms with Gasteiger partial charge < -0.3 is 14.5 Å². The molecule has 1 aliphatic carbocycles. The van der Waals surface area contributed by atoms with Crippen LogP contribution in [0.25, 0.3) is 0 Å². The zero-order valence-corrected chi connectivity index (χ0v) is 14.7. The molecule has 1 saturated carbocycles. The number of hydrogen-bond donors (Lipinski definition) is 1. The van der Waals surface area contributed by atoms with Gasteiger partial charge in [0.1, 0.15) is 17.3 Å². The maximum Gasteiger partial charge on any atom is 0.254 e. The normalized spacial score (nSPS) is 17.2. The lowest BCUT2D eigenvalue weighted by atomic mass is 10.0. The Morgan fingerprint density at radius 1 is 1.24 bits per heavy atom. The number of nitrogens with zero attached hydrogens (tertiary/aromatic N) is 2. The number of rotatable bonds is 5. The molecule has 4 rings (SSSR count). The summed E-state index contributed by atoms with van der Waals surface area (Å²) in [6, 6.07) is 5.82. The van der Waals surface area contributed by atoms with Crippen molar-refractivity contribution in [2.45, 2.75) is 38.3 Å². The second-order valence-electron chi connectivity index (χ2n) is 6.75. The summed E-state index contributed by atoms with van der Waals surface area (Å²) >= 11 is 0. The Balaban J connectivity index is 1.60. The van der Waals surface area contributed by atoms with Crippen LogP contribution >= 0.6 is 0 Å². The molecule has 1 aliphatic heterocycles. The third kappa shape index (κ3) is 3.14. The van der Waals surface area contributed by atoms with Crippen molar-refractivity contribution in [2.75, 3.05) is 20.8 Å². The molecule has 0 unspecified atom stereocenters. The molecule has 6 nitrogen and oxygen atoms in total. The predicted octanol–water partition coefficient (Wildman–Crippen LogP) is 2.22. The minimum Gasteiger partial charge on any atom is -0.496 e. The first-order valence-corrected chi connectivity index (χ1v) is 8.73. The van der Waals surface area contributed by atoms with Crippen LogP contribution in [-0.4, -0.2) is 35.6 Å². The van der Waals surface area contributed by atoms with Crippen molar-refractivity contribution in [1.29, 1.82) is 0 Å². The maximum absolute atomic E-state index is 12.3. The molecule has 2 heterocycles. The fourth-order valence-electron chi connectivity index (χ4n) is 3.51. The summed E-state index contributed by atoms with van der Waals surface area (Å²) in [5.41, 5.74) is 2.84. The minimum atomic E-state index is 0.0430. The molecule has 1 fully saturated rings. The number of H-pyrrole nitrogens is 1. The Hall–Kier alpha value is -2.34. The number of hydrogen-bond acceptors (Lipinski definition) is 5. The second-order valence-corrected chi connectivity index (χ2v) is 6.75. The van der Waals surface area contributed by atoms with E-state index >= 15 is 0 Å². The van der Waals surface area contributed by atoms with Gasteiger partial charge in [-0.25, -0.2) is 4.98 Å². The highest BCUT2D eigenvalue weighted by Gasteiger charge is 2.29. The van der Waals surface area contributed by atoms with E-state index in [9.17, 15) is 4.79 Å². The predicted molar refractivity (Wildman–Crippen MR) is 94.2 cm³/mol. The molecule has 1 aromatic heterocycles. The Morgan fingerprint density at radius 3 is 2.60 bits per heavy atom. The molecule has 1 aromatic carbocycles. The van der Waals surface area contributed by atoms with E-state index in [0.717, 1.165) is 60.0 Å². The van der Waals surface area contributed by atoms with Crippen molar-refractivity contribution >= 4 is 0 Å². The monoisotopic (exact) mass is 341 g/mol. The molecule has 0 radical (unpaired) electrons. The minimum absolute atomic E-state index is 0.0430. The molecular weight excluding hydrogens is 318 g/mol. The van der Waals surface area contributed by atoms with Gasteiger partial charge in [0.05, 0.1) is 25.5 Å². The van der Waals surface area contributed by atoms with Gasteiger partial charge in [-0.1, -0.05) is 6.07 Å². The number of aromatic amines is 1. The van der Waals surface area contributed by atoms with E-state index in [1.807, 2.05) is 18.2 Å². The summed E-state index contributed by atoms with van der Waals surface area (Å²) in [5, 5.41) is 0. The topological polar surface area (TPSA) is 67.5 Å². The number of methoxy groups -OCH3 is 2. The van der Waals surface area contributed by atoms with Crippen LogP contribution in [0.5, 0.6) is 11.5 Å². The van der Waals surface area contributed by atoms with E-state index in [0.29, 0.717) is 19.0 Å². The number of benzene rings is 1. The molecular formula is C19H23N3O3. The Labute approximate surface area is 146 Å². The Bertz CT molecular complexity index is 820. The highest BCUT2D eigenvalue weighted by Crippen LogP contribution is 2.38. The zero-order valence-electron chi connectivity index (χ0n) is 14.7. The average molecular weight is 341 g/mol. The number of fused-ring (bicyclic) bond motifs is 1. The number of nitrogens with one attached hydrogen (secondary N) is 1. The quantitative estimate of drug-likeness (QED) is 0.903. The van der Waals surface area contributed by atoms with Crippen molar-refractivity contribution in [3.05, 3.63) is 51.2 Å². The summed E-state index contributed by atoms with van der Waals surface area (Å²) in [4.78, 5) is 22.4. The van der Waals surface area contributed by atoms with Crippen molar-refractivity contribution < 1.29 is 9.47 Å². The van der Waals surface area contributed by atoms with Crippen LogP contribution in [0.4, 0.5) is 0 Å². The van der Waals surface area contributed by atoms with E-state index in [4.69, 9.17) is 14.5 Å². The van der Waals surface area contributed by atoms with Gasteiger partial charge in [-0.2, -0.15) is 0 Å². The molecule has 0 spiro atoms. The molecule has 2 aliphatic rings. The van der Waals surface area contributed by atoms with E-state index in [-0.39, 0.29) is 5.56 Å². The van der Waals surface area contributed by atoms with Crippen LogP contribution in [-0.2, 0) is 19.5 Å². The zero-order chi connectivity index (χ0) is 17.4. The average Bonchev–Trinajstić information content (AvgIpc) is 3.46. The van der Waals surface area contributed by atoms with Gasteiger partial charge in [-0.05, 0) is 31.4 Å². The fourth-order valence-corrected chi connectivity index (χ4v) is 3.51. The molecule has 0 amide bonds. The van der Waals surface area contributed by atoms with Gasteiger partial charge in [0.2, 0.25) is 0 Å². The molecule has 2 aromatic rings. The first-order valence-electron chi connectivity index (χ1n) is 8.73. The number of aromatic nitrogens is 2. The van der Waals surface area contributed by atoms with E-state index in [1.165, 1.54) is 0 Å². The van der Waals surface area contributed by atoms with Crippen molar-refractivity contribution in [3.63, 3.8) is 0 Å². The molecule has 25 heavy (non-hydrogen) atoms. The van der Waals surface area contributed by atoms with Gasteiger partial charge >= 0.3 is 0 Å². The van der Waals surface area contributed by atoms with E-state index in [2.05, 4.69) is 9.88 Å². The summed E-state index contributed by atoms with van der Waals surface area (Å²) in [7, 11) is 3.35. The molecule has 0 saturated heterocycles. The standard InChI is InChI=1S/C19H23N3O3/c1-24-16-4-3-5-17(25-2)14(16)10-22-9-8-13-15(11-22)20-18(12-6-7-12)21-19(13)23/h3-5,12H,6-11H2,1-2H3,(H,20,21,23).